The number of ether oxygens (including phenoxy) is 2. The van der Waals surface area contributed by atoms with Gasteiger partial charge in [-0.3, -0.25) is 4.79 Å². The molecular formula is C24H20F7NO4. The lowest BCUT2D eigenvalue weighted by Crippen LogP contribution is -2.34. The van der Waals surface area contributed by atoms with E-state index in [0.717, 1.165) is 38.3 Å². The van der Waals surface area contributed by atoms with Gasteiger partial charge in [-0.2, -0.15) is 13.2 Å². The fourth-order valence-corrected chi connectivity index (χ4v) is 3.63. The average molecular weight is 519 g/mol. The Morgan fingerprint density at radius 2 is 1.86 bits per heavy atom. The third kappa shape index (κ3) is 5.80. The molecule has 0 aliphatic carbocycles. The summed E-state index contributed by atoms with van der Waals surface area (Å²) in [7, 11) is 0.941. The summed E-state index contributed by atoms with van der Waals surface area (Å²) in [5.41, 5.74) is -4.14. The summed E-state index contributed by atoms with van der Waals surface area (Å²) in [4.78, 5) is 25.7. The normalized spacial score (nSPS) is 17.2. The molecule has 0 spiro atoms. The lowest BCUT2D eigenvalue weighted by atomic mass is 9.97. The summed E-state index contributed by atoms with van der Waals surface area (Å²) in [6.45, 7) is -0.140. The molecule has 0 aromatic heterocycles. The number of carbonyl (C=O) groups is 2. The number of hydrogen-bond donors (Lipinski definition) is 0. The number of carbonyl (C=O) groups excluding carboxylic acids is 2. The van der Waals surface area contributed by atoms with Gasteiger partial charge in [-0.25, -0.2) is 22.4 Å². The van der Waals surface area contributed by atoms with Crippen LogP contribution in [0.3, 0.4) is 0 Å². The van der Waals surface area contributed by atoms with Crippen molar-refractivity contribution in [1.82, 2.24) is 0 Å². The second-order valence-electron chi connectivity index (χ2n) is 7.95. The van der Waals surface area contributed by atoms with Crippen molar-refractivity contribution in [1.29, 1.82) is 0 Å². The Bertz CT molecular complexity index is 1190. The van der Waals surface area contributed by atoms with Crippen LogP contribution >= 0.6 is 0 Å². The molecule has 12 heteroatoms. The van der Waals surface area contributed by atoms with Crippen LogP contribution in [-0.2, 0) is 15.7 Å². The van der Waals surface area contributed by atoms with E-state index >= 15 is 0 Å². The fraction of sp³-hybridized carbons (Fsp3) is 0.333. The summed E-state index contributed by atoms with van der Waals surface area (Å²) in [5.74, 6) is -7.54. The van der Waals surface area contributed by atoms with Crippen molar-refractivity contribution in [2.75, 3.05) is 25.2 Å². The van der Waals surface area contributed by atoms with Gasteiger partial charge in [-0.05, 0) is 43.3 Å². The van der Waals surface area contributed by atoms with Gasteiger partial charge >= 0.3 is 12.1 Å². The maximum Gasteiger partial charge on any atom is 0.417 e. The number of esters is 1. The summed E-state index contributed by atoms with van der Waals surface area (Å²) >= 11 is 0. The zero-order valence-corrected chi connectivity index (χ0v) is 19.0. The van der Waals surface area contributed by atoms with Crippen LogP contribution in [0.4, 0.5) is 36.4 Å². The van der Waals surface area contributed by atoms with Crippen molar-refractivity contribution < 1.29 is 49.8 Å². The molecule has 194 valence electrons. The van der Waals surface area contributed by atoms with E-state index in [-0.39, 0.29) is 11.4 Å². The van der Waals surface area contributed by atoms with E-state index in [2.05, 4.69) is 4.74 Å². The second kappa shape index (κ2) is 10.2. The van der Waals surface area contributed by atoms with Crippen LogP contribution in [0, 0.1) is 5.82 Å². The van der Waals surface area contributed by atoms with E-state index in [9.17, 15) is 40.3 Å². The Hall–Kier alpha value is -3.57. The molecule has 1 heterocycles. The van der Waals surface area contributed by atoms with Crippen molar-refractivity contribution in [2.24, 2.45) is 0 Å². The van der Waals surface area contributed by atoms with E-state index in [1.54, 1.807) is 0 Å². The van der Waals surface area contributed by atoms with Crippen molar-refractivity contribution in [3.05, 3.63) is 65.0 Å². The maximum absolute atomic E-state index is 15.0. The molecule has 0 saturated carbocycles. The van der Waals surface area contributed by atoms with E-state index in [0.29, 0.717) is 23.1 Å². The molecule has 0 bridgehead atoms. The number of nitrogens with zero attached hydrogens (tertiary/aromatic N) is 1. The highest BCUT2D eigenvalue weighted by molar-refractivity contribution is 6.09. The van der Waals surface area contributed by atoms with Crippen LogP contribution in [-0.4, -0.2) is 44.2 Å². The van der Waals surface area contributed by atoms with Gasteiger partial charge in [0.05, 0.1) is 23.9 Å². The standard InChI is InChI=1S/C24H20F7NO4/c1-13(25)12-36-15-4-5-16(19(10-15)24(29,30)31)22(34)32-8-7-23(27,28)18(11-21(33)35-2)17-9-14(26)3-6-20(17)32/h3-6,9-11,13H,7-8,12H2,1-2H3/b18-11-/t13-/m1/s1. The van der Waals surface area contributed by atoms with Crippen LogP contribution in [0.1, 0.15) is 34.8 Å². The SMILES string of the molecule is COC(=O)/C=C1/c2cc(F)ccc2N(C(=O)c2ccc(OC[C@@H](C)F)cc2C(F)(F)F)CCC1(F)F. The number of methoxy groups -OCH3 is 1. The summed E-state index contributed by atoms with van der Waals surface area (Å²) in [6, 6.07) is 4.78. The molecule has 0 saturated heterocycles. The van der Waals surface area contributed by atoms with E-state index < -0.39 is 77.8 Å². The monoisotopic (exact) mass is 519 g/mol. The van der Waals surface area contributed by atoms with Gasteiger partial charge in [-0.15, -0.1) is 0 Å². The first kappa shape index (κ1) is 27.0. The Kier molecular flexibility index (Phi) is 7.65. The van der Waals surface area contributed by atoms with Crippen molar-refractivity contribution >= 4 is 23.1 Å². The number of rotatable bonds is 5. The van der Waals surface area contributed by atoms with Crippen LogP contribution in [0.5, 0.6) is 5.75 Å². The van der Waals surface area contributed by atoms with Gasteiger partial charge in [0.1, 0.15) is 24.3 Å². The minimum Gasteiger partial charge on any atom is -0.491 e. The van der Waals surface area contributed by atoms with E-state index in [1.807, 2.05) is 0 Å². The van der Waals surface area contributed by atoms with Crippen LogP contribution in [0.15, 0.2) is 42.5 Å². The minimum atomic E-state index is -5.05. The molecule has 36 heavy (non-hydrogen) atoms. The Balaban J connectivity index is 2.15. The zero-order valence-electron chi connectivity index (χ0n) is 19.0. The third-order valence-corrected chi connectivity index (χ3v) is 5.30. The van der Waals surface area contributed by atoms with E-state index in [1.165, 1.54) is 0 Å². The predicted octanol–water partition coefficient (Wildman–Crippen LogP) is 5.82. The molecule has 1 aliphatic heterocycles. The van der Waals surface area contributed by atoms with Gasteiger partial charge in [-0.1, -0.05) is 0 Å². The lowest BCUT2D eigenvalue weighted by molar-refractivity contribution is -0.138. The van der Waals surface area contributed by atoms with Gasteiger partial charge in [0.2, 0.25) is 0 Å². The molecule has 0 N–H and O–H groups in total. The number of anilines is 1. The smallest absolute Gasteiger partial charge is 0.417 e. The summed E-state index contributed by atoms with van der Waals surface area (Å²) in [6.07, 6.45) is -7.15. The fourth-order valence-electron chi connectivity index (χ4n) is 3.63. The van der Waals surface area contributed by atoms with Gasteiger partial charge in [0, 0.05) is 30.2 Å². The number of hydrogen-bond acceptors (Lipinski definition) is 4. The first-order valence-electron chi connectivity index (χ1n) is 10.5. The number of benzene rings is 2. The predicted molar refractivity (Wildman–Crippen MR) is 115 cm³/mol. The molecule has 2 aromatic rings. The van der Waals surface area contributed by atoms with Crippen molar-refractivity contribution in [3.63, 3.8) is 0 Å². The highest BCUT2D eigenvalue weighted by atomic mass is 19.4. The zero-order chi connectivity index (χ0) is 26.8. The Morgan fingerprint density at radius 3 is 2.47 bits per heavy atom. The highest BCUT2D eigenvalue weighted by Crippen LogP contribution is 2.44. The molecule has 3 rings (SSSR count). The largest absolute Gasteiger partial charge is 0.491 e. The molecule has 2 aromatic carbocycles. The number of amides is 1. The topological polar surface area (TPSA) is 55.8 Å². The first-order valence-corrected chi connectivity index (χ1v) is 10.5. The quantitative estimate of drug-likeness (QED) is 0.284. The minimum absolute atomic E-state index is 0.326. The molecule has 0 unspecified atom stereocenters. The van der Waals surface area contributed by atoms with Crippen LogP contribution in [0.2, 0.25) is 0 Å². The van der Waals surface area contributed by atoms with Gasteiger partial charge in [0.15, 0.2) is 0 Å². The highest BCUT2D eigenvalue weighted by Gasteiger charge is 2.43. The number of fused-ring (bicyclic) bond motifs is 1. The molecule has 0 radical (unpaired) electrons. The molecule has 1 amide bonds. The van der Waals surface area contributed by atoms with Crippen LogP contribution in [0.25, 0.3) is 5.57 Å². The lowest BCUT2D eigenvalue weighted by Gasteiger charge is -2.25. The molecule has 0 fully saturated rings. The number of allylic oxidation sites excluding steroid dienone is 1. The number of halogens is 7. The third-order valence-electron chi connectivity index (χ3n) is 5.30. The summed E-state index contributed by atoms with van der Waals surface area (Å²) < 4.78 is 108. The summed E-state index contributed by atoms with van der Waals surface area (Å²) in [5, 5.41) is 0. The van der Waals surface area contributed by atoms with Gasteiger partial charge < -0.3 is 14.4 Å². The average Bonchev–Trinajstić information content (AvgIpc) is 2.90. The molecular weight excluding hydrogens is 499 g/mol. The Morgan fingerprint density at radius 1 is 1.17 bits per heavy atom. The van der Waals surface area contributed by atoms with Crippen molar-refractivity contribution in [2.45, 2.75) is 31.6 Å². The Labute approximate surface area is 201 Å². The second-order valence-corrected chi connectivity index (χ2v) is 7.95. The van der Waals surface area contributed by atoms with Gasteiger partial charge in [0.25, 0.3) is 11.8 Å². The van der Waals surface area contributed by atoms with E-state index in [4.69, 9.17) is 4.74 Å². The molecule has 5 nitrogen and oxygen atoms in total. The maximum atomic E-state index is 15.0. The van der Waals surface area contributed by atoms with Crippen molar-refractivity contribution in [3.8, 4) is 5.75 Å². The van der Waals surface area contributed by atoms with Crippen LogP contribution < -0.4 is 9.64 Å². The molecule has 1 atom stereocenters. The first-order chi connectivity index (χ1) is 16.7. The molecule has 1 aliphatic rings. The number of alkyl halides is 6.